The molecule has 1 aromatic carbocycles. The molecule has 23 heavy (non-hydrogen) atoms. The molecule has 0 fully saturated rings. The summed E-state index contributed by atoms with van der Waals surface area (Å²) in [6.07, 6.45) is 3.95. The number of nitrogens with one attached hydrogen (secondary N) is 1. The fourth-order valence-corrected chi connectivity index (χ4v) is 2.60. The SMILES string of the molecule is CC(C)(C)OC(=O)N[C@@H]1CC=CC[C@H]1c1cc(F)c(F)cc1F. The van der Waals surface area contributed by atoms with Gasteiger partial charge in [-0.15, -0.1) is 0 Å². The summed E-state index contributed by atoms with van der Waals surface area (Å²) in [6, 6.07) is 0.945. The van der Waals surface area contributed by atoms with E-state index in [0.29, 0.717) is 18.9 Å². The van der Waals surface area contributed by atoms with E-state index in [9.17, 15) is 18.0 Å². The van der Waals surface area contributed by atoms with Gasteiger partial charge < -0.3 is 10.1 Å². The van der Waals surface area contributed by atoms with Gasteiger partial charge in [-0.2, -0.15) is 0 Å². The van der Waals surface area contributed by atoms with E-state index < -0.39 is 41.1 Å². The topological polar surface area (TPSA) is 38.3 Å². The number of hydrogen-bond acceptors (Lipinski definition) is 2. The van der Waals surface area contributed by atoms with Crippen molar-refractivity contribution in [2.24, 2.45) is 0 Å². The van der Waals surface area contributed by atoms with Crippen LogP contribution in [-0.2, 0) is 4.74 Å². The van der Waals surface area contributed by atoms with Gasteiger partial charge in [-0.05, 0) is 45.2 Å². The fourth-order valence-electron chi connectivity index (χ4n) is 2.60. The van der Waals surface area contributed by atoms with Crippen LogP contribution in [0.25, 0.3) is 0 Å². The number of hydrogen-bond donors (Lipinski definition) is 1. The molecule has 3 nitrogen and oxygen atoms in total. The summed E-state index contributed by atoms with van der Waals surface area (Å²) in [5.74, 6) is -3.64. The molecule has 0 unspecified atom stereocenters. The normalized spacial score (nSPS) is 21.1. The third-order valence-electron chi connectivity index (χ3n) is 3.57. The molecule has 0 aliphatic heterocycles. The van der Waals surface area contributed by atoms with E-state index >= 15 is 0 Å². The Balaban J connectivity index is 2.21. The first kappa shape index (κ1) is 17.4. The smallest absolute Gasteiger partial charge is 0.407 e. The lowest BCUT2D eigenvalue weighted by molar-refractivity contribution is 0.0495. The third-order valence-corrected chi connectivity index (χ3v) is 3.57. The molecule has 1 aliphatic carbocycles. The minimum absolute atomic E-state index is 0.0503. The zero-order chi connectivity index (χ0) is 17.2. The molecule has 0 bridgehead atoms. The molecule has 1 amide bonds. The molecule has 2 atom stereocenters. The van der Waals surface area contributed by atoms with Crippen LogP contribution >= 0.6 is 0 Å². The molecular formula is C17H20F3NO2. The Hall–Kier alpha value is -1.98. The average Bonchev–Trinajstić information content (AvgIpc) is 2.41. The van der Waals surface area contributed by atoms with Gasteiger partial charge in [-0.3, -0.25) is 0 Å². The molecule has 0 saturated heterocycles. The Morgan fingerprint density at radius 1 is 1.09 bits per heavy atom. The van der Waals surface area contributed by atoms with Crippen molar-refractivity contribution < 1.29 is 22.7 Å². The maximum atomic E-state index is 14.0. The number of alkyl carbamates (subject to hydrolysis) is 1. The van der Waals surface area contributed by atoms with Crippen molar-refractivity contribution in [3.8, 4) is 0 Å². The van der Waals surface area contributed by atoms with Crippen LogP contribution in [0.3, 0.4) is 0 Å². The molecule has 0 radical (unpaired) electrons. The van der Waals surface area contributed by atoms with Crippen LogP contribution in [0.15, 0.2) is 24.3 Å². The Bertz CT molecular complexity index is 623. The number of ether oxygens (including phenoxy) is 1. The van der Waals surface area contributed by atoms with E-state index in [1.807, 2.05) is 12.2 Å². The van der Waals surface area contributed by atoms with Crippen LogP contribution in [0, 0.1) is 17.5 Å². The van der Waals surface area contributed by atoms with Gasteiger partial charge in [0.2, 0.25) is 0 Å². The fraction of sp³-hybridized carbons (Fsp3) is 0.471. The highest BCUT2D eigenvalue weighted by Crippen LogP contribution is 2.32. The Kier molecular flexibility index (Phi) is 5.02. The molecule has 0 spiro atoms. The summed E-state index contributed by atoms with van der Waals surface area (Å²) in [4.78, 5) is 11.9. The summed E-state index contributed by atoms with van der Waals surface area (Å²) < 4.78 is 45.8. The summed E-state index contributed by atoms with van der Waals surface area (Å²) in [6.45, 7) is 5.21. The predicted molar refractivity (Wildman–Crippen MR) is 80.6 cm³/mol. The van der Waals surface area contributed by atoms with Crippen molar-refractivity contribution in [3.63, 3.8) is 0 Å². The number of benzene rings is 1. The molecule has 0 saturated carbocycles. The molecule has 1 N–H and O–H groups in total. The number of halogens is 3. The highest BCUT2D eigenvalue weighted by molar-refractivity contribution is 5.68. The molecular weight excluding hydrogens is 307 g/mol. The summed E-state index contributed by atoms with van der Waals surface area (Å²) >= 11 is 0. The molecule has 126 valence electrons. The van der Waals surface area contributed by atoms with Crippen molar-refractivity contribution in [3.05, 3.63) is 47.3 Å². The highest BCUT2D eigenvalue weighted by Gasteiger charge is 2.30. The molecule has 0 aromatic heterocycles. The number of carbonyl (C=O) groups excluding carboxylic acids is 1. The number of amides is 1. The van der Waals surface area contributed by atoms with Crippen LogP contribution in [0.1, 0.15) is 45.1 Å². The maximum absolute atomic E-state index is 14.0. The standard InChI is InChI=1S/C17H20F3NO2/c1-17(2,3)23-16(22)21-15-7-5-4-6-10(15)11-8-13(19)14(20)9-12(11)18/h4-5,8-10,15H,6-7H2,1-3H3,(H,21,22)/t10-,15+/m0/s1. The predicted octanol–water partition coefficient (Wildman–Crippen LogP) is 4.43. The highest BCUT2D eigenvalue weighted by atomic mass is 19.2. The first-order chi connectivity index (χ1) is 10.7. The summed E-state index contributed by atoms with van der Waals surface area (Å²) in [5.41, 5.74) is -0.605. The average molecular weight is 327 g/mol. The Morgan fingerprint density at radius 3 is 2.35 bits per heavy atom. The van der Waals surface area contributed by atoms with E-state index in [1.54, 1.807) is 20.8 Å². The van der Waals surface area contributed by atoms with E-state index in [1.165, 1.54) is 0 Å². The molecule has 1 aromatic rings. The minimum atomic E-state index is -1.23. The quantitative estimate of drug-likeness (QED) is 0.644. The second-order valence-corrected chi connectivity index (χ2v) is 6.59. The maximum Gasteiger partial charge on any atom is 0.407 e. The van der Waals surface area contributed by atoms with Crippen LogP contribution in [0.2, 0.25) is 0 Å². The van der Waals surface area contributed by atoms with Crippen molar-refractivity contribution in [1.82, 2.24) is 5.32 Å². The van der Waals surface area contributed by atoms with Gasteiger partial charge in [0.1, 0.15) is 11.4 Å². The van der Waals surface area contributed by atoms with E-state index in [-0.39, 0.29) is 5.56 Å². The summed E-state index contributed by atoms with van der Waals surface area (Å²) in [5, 5.41) is 2.69. The first-order valence-electron chi connectivity index (χ1n) is 7.46. The second kappa shape index (κ2) is 6.64. The number of allylic oxidation sites excluding steroid dienone is 1. The second-order valence-electron chi connectivity index (χ2n) is 6.59. The molecule has 0 heterocycles. The van der Waals surface area contributed by atoms with Gasteiger partial charge in [0.15, 0.2) is 11.6 Å². The zero-order valence-electron chi connectivity index (χ0n) is 13.3. The van der Waals surface area contributed by atoms with E-state index in [0.717, 1.165) is 6.07 Å². The third kappa shape index (κ3) is 4.50. The van der Waals surface area contributed by atoms with Gasteiger partial charge in [-0.1, -0.05) is 12.2 Å². The van der Waals surface area contributed by atoms with E-state index in [4.69, 9.17) is 4.74 Å². The van der Waals surface area contributed by atoms with Crippen LogP contribution < -0.4 is 5.32 Å². The lowest BCUT2D eigenvalue weighted by Gasteiger charge is -2.31. The van der Waals surface area contributed by atoms with Crippen molar-refractivity contribution in [1.29, 1.82) is 0 Å². The Labute approximate surface area is 133 Å². The number of carbonyl (C=O) groups is 1. The van der Waals surface area contributed by atoms with Crippen molar-refractivity contribution >= 4 is 6.09 Å². The lowest BCUT2D eigenvalue weighted by atomic mass is 9.83. The monoisotopic (exact) mass is 327 g/mol. The Morgan fingerprint density at radius 2 is 1.70 bits per heavy atom. The molecule has 6 heteroatoms. The van der Waals surface area contributed by atoms with Crippen molar-refractivity contribution in [2.45, 2.75) is 51.2 Å². The summed E-state index contributed by atoms with van der Waals surface area (Å²) in [7, 11) is 0. The van der Waals surface area contributed by atoms with E-state index in [2.05, 4.69) is 5.32 Å². The largest absolute Gasteiger partial charge is 0.444 e. The van der Waals surface area contributed by atoms with Crippen molar-refractivity contribution in [2.75, 3.05) is 0 Å². The van der Waals surface area contributed by atoms with Crippen LogP contribution in [0.5, 0.6) is 0 Å². The van der Waals surface area contributed by atoms with Gasteiger partial charge in [0.05, 0.1) is 0 Å². The van der Waals surface area contributed by atoms with Gasteiger partial charge in [0.25, 0.3) is 0 Å². The van der Waals surface area contributed by atoms with Gasteiger partial charge in [-0.25, -0.2) is 18.0 Å². The van der Waals surface area contributed by atoms with Gasteiger partial charge in [0, 0.05) is 18.0 Å². The van der Waals surface area contributed by atoms with Crippen LogP contribution in [0.4, 0.5) is 18.0 Å². The molecule has 2 rings (SSSR count). The van der Waals surface area contributed by atoms with Crippen LogP contribution in [-0.4, -0.2) is 17.7 Å². The minimum Gasteiger partial charge on any atom is -0.444 e. The lowest BCUT2D eigenvalue weighted by Crippen LogP contribution is -2.43. The first-order valence-corrected chi connectivity index (χ1v) is 7.46. The zero-order valence-corrected chi connectivity index (χ0v) is 13.3. The number of rotatable bonds is 2. The molecule has 1 aliphatic rings. The van der Waals surface area contributed by atoms with Gasteiger partial charge >= 0.3 is 6.09 Å².